The summed E-state index contributed by atoms with van der Waals surface area (Å²) in [4.78, 5) is 38.3. The second-order valence-corrected chi connectivity index (χ2v) is 7.46. The van der Waals surface area contributed by atoms with Crippen molar-refractivity contribution in [2.45, 2.75) is 20.0 Å². The smallest absolute Gasteiger partial charge is 0.326 e. The van der Waals surface area contributed by atoms with E-state index in [1.807, 2.05) is 12.1 Å². The molecule has 0 aliphatic carbocycles. The van der Waals surface area contributed by atoms with E-state index in [2.05, 4.69) is 35.9 Å². The summed E-state index contributed by atoms with van der Waals surface area (Å²) >= 11 is 0. The minimum Gasteiger partial charge on any atom is -0.348 e. The third kappa shape index (κ3) is 5.51. The molecule has 4 rings (SSSR count). The lowest BCUT2D eigenvalue weighted by molar-refractivity contribution is 0.262. The zero-order valence-corrected chi connectivity index (χ0v) is 18.1. The summed E-state index contributed by atoms with van der Waals surface area (Å²) < 4.78 is 27.5. The highest BCUT2D eigenvalue weighted by Gasteiger charge is 2.12. The molecule has 5 N–H and O–H groups in total. The molecule has 174 valence electrons. The first kappa shape index (κ1) is 22.8. The fourth-order valence-electron chi connectivity index (χ4n) is 3.19. The maximum atomic E-state index is 13.9. The number of H-pyrrole nitrogens is 2. The second kappa shape index (κ2) is 10.0. The minimum absolute atomic E-state index is 0.114. The molecule has 4 aromatic rings. The number of amides is 2. The maximum Gasteiger partial charge on any atom is 0.326 e. The van der Waals surface area contributed by atoms with Gasteiger partial charge in [0.15, 0.2) is 0 Å². The number of aryl methyl sites for hydroxylation is 1. The first-order valence-electron chi connectivity index (χ1n) is 10.3. The molecule has 2 heterocycles. The highest BCUT2D eigenvalue weighted by Crippen LogP contribution is 2.19. The van der Waals surface area contributed by atoms with Crippen molar-refractivity contribution in [3.63, 3.8) is 0 Å². The zero-order valence-electron chi connectivity index (χ0n) is 18.1. The number of rotatable bonds is 7. The van der Waals surface area contributed by atoms with Gasteiger partial charge in [-0.2, -0.15) is 4.98 Å². The number of aromatic amines is 2. The summed E-state index contributed by atoms with van der Waals surface area (Å²) in [5.74, 6) is -0.747. The molecule has 0 spiro atoms. The molecule has 0 saturated heterocycles. The summed E-state index contributed by atoms with van der Waals surface area (Å²) in [7, 11) is 0. The minimum atomic E-state index is -0.885. The van der Waals surface area contributed by atoms with Crippen molar-refractivity contribution >= 4 is 17.7 Å². The van der Waals surface area contributed by atoms with E-state index in [1.165, 1.54) is 13.1 Å². The lowest BCUT2D eigenvalue weighted by Crippen LogP contribution is -2.24. The van der Waals surface area contributed by atoms with Crippen LogP contribution in [0.5, 0.6) is 0 Å². The van der Waals surface area contributed by atoms with E-state index in [0.717, 1.165) is 23.5 Å². The highest BCUT2D eigenvalue weighted by molar-refractivity contribution is 5.98. The van der Waals surface area contributed by atoms with Gasteiger partial charge in [-0.15, -0.1) is 0 Å². The molecule has 0 saturated carbocycles. The quantitative estimate of drug-likeness (QED) is 0.285. The van der Waals surface area contributed by atoms with Gasteiger partial charge in [0.1, 0.15) is 17.5 Å². The molecule has 0 aliphatic rings. The summed E-state index contributed by atoms with van der Waals surface area (Å²) in [5.41, 5.74) is 1.20. The van der Waals surface area contributed by atoms with E-state index < -0.39 is 23.2 Å². The fraction of sp³-hybridized carbons (Fsp3) is 0.130. The van der Waals surface area contributed by atoms with Gasteiger partial charge in [-0.3, -0.25) is 10.1 Å². The van der Waals surface area contributed by atoms with Crippen LogP contribution < -0.4 is 21.5 Å². The molecule has 2 amide bonds. The molecule has 34 heavy (non-hydrogen) atoms. The van der Waals surface area contributed by atoms with Crippen molar-refractivity contribution in [3.05, 3.63) is 93.9 Å². The highest BCUT2D eigenvalue weighted by atomic mass is 19.1. The number of halogens is 2. The second-order valence-electron chi connectivity index (χ2n) is 7.46. The number of nitrogens with one attached hydrogen (secondary N) is 5. The molecule has 0 aliphatic heterocycles. The largest absolute Gasteiger partial charge is 0.348 e. The zero-order chi connectivity index (χ0) is 24.1. The number of carbonyl (C=O) groups is 1. The number of benzene rings is 2. The normalized spacial score (nSPS) is 10.8. The van der Waals surface area contributed by atoms with Crippen molar-refractivity contribution in [1.29, 1.82) is 0 Å². The topological polar surface area (TPSA) is 128 Å². The standard InChI is InChI=1S/C23H21F2N7O2/c1-13-8-18(25)19(9-17(13)24)30-23(34)32-22-29-11-16(21(33)31-22)15-4-2-14(3-5-15)10-26-12-20-27-6-7-28-20/h2-9,11,26H,10,12H2,1H3,(H,27,28)(H3,29,30,31,32,33,34). The van der Waals surface area contributed by atoms with E-state index in [4.69, 9.17) is 0 Å². The molecule has 0 unspecified atom stereocenters. The average Bonchev–Trinajstić information content (AvgIpc) is 3.32. The van der Waals surface area contributed by atoms with E-state index >= 15 is 0 Å². The monoisotopic (exact) mass is 465 g/mol. The SMILES string of the molecule is Cc1cc(F)c(NC(=O)Nc2nc(=O)c(-c3ccc(CNCc4ncc[nH]4)cc3)c[nH]2)cc1F. The average molecular weight is 465 g/mol. The maximum absolute atomic E-state index is 13.9. The Balaban J connectivity index is 1.37. The van der Waals surface area contributed by atoms with Crippen molar-refractivity contribution in [2.24, 2.45) is 0 Å². The third-order valence-corrected chi connectivity index (χ3v) is 4.97. The molecular formula is C23H21F2N7O2. The van der Waals surface area contributed by atoms with Crippen molar-refractivity contribution in [3.8, 4) is 11.1 Å². The summed E-state index contributed by atoms with van der Waals surface area (Å²) in [6.45, 7) is 2.64. The lowest BCUT2D eigenvalue weighted by Gasteiger charge is -2.09. The van der Waals surface area contributed by atoms with Gasteiger partial charge in [0, 0.05) is 31.2 Å². The van der Waals surface area contributed by atoms with Crippen LogP contribution in [0.25, 0.3) is 11.1 Å². The van der Waals surface area contributed by atoms with E-state index in [0.29, 0.717) is 24.2 Å². The third-order valence-electron chi connectivity index (χ3n) is 4.97. The number of carbonyl (C=O) groups excluding carboxylic acids is 1. The summed E-state index contributed by atoms with van der Waals surface area (Å²) in [5, 5.41) is 7.74. The Bertz CT molecular complexity index is 1350. The van der Waals surface area contributed by atoms with Gasteiger partial charge in [0.25, 0.3) is 5.56 Å². The predicted molar refractivity (Wildman–Crippen MR) is 123 cm³/mol. The van der Waals surface area contributed by atoms with E-state index in [-0.39, 0.29) is 17.2 Å². The van der Waals surface area contributed by atoms with Gasteiger partial charge in [-0.25, -0.2) is 18.6 Å². The van der Waals surface area contributed by atoms with Crippen LogP contribution in [0.2, 0.25) is 0 Å². The summed E-state index contributed by atoms with van der Waals surface area (Å²) in [6, 6.07) is 8.33. The van der Waals surface area contributed by atoms with Gasteiger partial charge in [0.05, 0.1) is 17.8 Å². The Kier molecular flexibility index (Phi) is 6.74. The Morgan fingerprint density at radius 2 is 1.82 bits per heavy atom. The van der Waals surface area contributed by atoms with Gasteiger partial charge in [-0.1, -0.05) is 24.3 Å². The van der Waals surface area contributed by atoms with Crippen LogP contribution in [0.1, 0.15) is 17.0 Å². The first-order valence-corrected chi connectivity index (χ1v) is 10.3. The molecular weight excluding hydrogens is 444 g/mol. The van der Waals surface area contributed by atoms with Crippen LogP contribution in [-0.4, -0.2) is 26.0 Å². The first-order chi connectivity index (χ1) is 16.4. The van der Waals surface area contributed by atoms with Crippen LogP contribution in [0.3, 0.4) is 0 Å². The number of imidazole rings is 1. The lowest BCUT2D eigenvalue weighted by atomic mass is 10.1. The molecule has 0 radical (unpaired) electrons. The molecule has 2 aromatic carbocycles. The summed E-state index contributed by atoms with van der Waals surface area (Å²) in [6.07, 6.45) is 4.87. The van der Waals surface area contributed by atoms with Crippen LogP contribution >= 0.6 is 0 Å². The van der Waals surface area contributed by atoms with Crippen molar-refractivity contribution in [1.82, 2.24) is 25.3 Å². The molecule has 0 fully saturated rings. The van der Waals surface area contributed by atoms with E-state index in [1.54, 1.807) is 24.5 Å². The van der Waals surface area contributed by atoms with E-state index in [9.17, 15) is 18.4 Å². The fourth-order valence-corrected chi connectivity index (χ4v) is 3.19. The number of urea groups is 1. The number of anilines is 2. The van der Waals surface area contributed by atoms with Gasteiger partial charge >= 0.3 is 6.03 Å². The van der Waals surface area contributed by atoms with Crippen LogP contribution in [0, 0.1) is 18.6 Å². The number of aromatic nitrogens is 4. The van der Waals surface area contributed by atoms with Gasteiger partial charge < -0.3 is 20.6 Å². The van der Waals surface area contributed by atoms with Gasteiger partial charge in [0.2, 0.25) is 5.95 Å². The predicted octanol–water partition coefficient (Wildman–Crippen LogP) is 3.68. The molecule has 11 heteroatoms. The number of hydrogen-bond acceptors (Lipinski definition) is 5. The van der Waals surface area contributed by atoms with Gasteiger partial charge in [-0.05, 0) is 29.7 Å². The van der Waals surface area contributed by atoms with Crippen LogP contribution in [0.4, 0.5) is 25.2 Å². The molecule has 0 bridgehead atoms. The Morgan fingerprint density at radius 3 is 2.53 bits per heavy atom. The molecule has 0 atom stereocenters. The molecule has 9 nitrogen and oxygen atoms in total. The Morgan fingerprint density at radius 1 is 1.03 bits per heavy atom. The van der Waals surface area contributed by atoms with Crippen LogP contribution in [-0.2, 0) is 13.1 Å². The number of nitrogens with zero attached hydrogens (tertiary/aromatic N) is 2. The van der Waals surface area contributed by atoms with Crippen LogP contribution in [0.15, 0.2) is 59.8 Å². The Labute approximate surface area is 192 Å². The Hall–Kier alpha value is -4.38. The number of hydrogen-bond donors (Lipinski definition) is 5. The van der Waals surface area contributed by atoms with Crippen molar-refractivity contribution < 1.29 is 13.6 Å². The van der Waals surface area contributed by atoms with Crippen molar-refractivity contribution in [2.75, 3.05) is 10.6 Å². The molecule has 2 aromatic heterocycles.